The lowest BCUT2D eigenvalue weighted by molar-refractivity contribution is 0.231. The number of piperidine rings is 1. The van der Waals surface area contributed by atoms with E-state index in [1.165, 1.54) is 0 Å². The fourth-order valence-electron chi connectivity index (χ4n) is 2.58. The average molecular weight is 288 g/mol. The fraction of sp³-hybridized carbons (Fsp3) is 0.571. The van der Waals surface area contributed by atoms with E-state index in [9.17, 15) is 0 Å². The summed E-state index contributed by atoms with van der Waals surface area (Å²) in [5, 5.41) is 6.89. The predicted molar refractivity (Wildman–Crippen MR) is 78.4 cm³/mol. The van der Waals surface area contributed by atoms with Crippen LogP contribution in [0.3, 0.4) is 0 Å². The molecular formula is C14H20N6O. The third kappa shape index (κ3) is 3.29. The van der Waals surface area contributed by atoms with Crippen LogP contribution in [0.2, 0.25) is 0 Å². The van der Waals surface area contributed by atoms with Crippen molar-refractivity contribution in [1.82, 2.24) is 25.1 Å². The van der Waals surface area contributed by atoms with Crippen LogP contribution in [0.4, 0.5) is 5.82 Å². The first-order valence-corrected chi connectivity index (χ1v) is 7.31. The third-order valence-corrected chi connectivity index (χ3v) is 3.60. The molecule has 0 aliphatic carbocycles. The maximum atomic E-state index is 5.60. The summed E-state index contributed by atoms with van der Waals surface area (Å²) in [4.78, 5) is 15.2. The minimum Gasteiger partial charge on any atom is -0.474 e. The standard InChI is InChI=1S/C14H20N6O/c1-10(2)21-13-8-15-7-12(18-13)20-5-3-11(4-6-20)14-16-9-17-19-14/h7-11H,3-6H2,1-2H3,(H,16,17,19). The van der Waals surface area contributed by atoms with Crippen molar-refractivity contribution in [3.8, 4) is 5.88 Å². The van der Waals surface area contributed by atoms with Gasteiger partial charge in [-0.1, -0.05) is 0 Å². The lowest BCUT2D eigenvalue weighted by Gasteiger charge is -2.31. The van der Waals surface area contributed by atoms with Crippen LogP contribution in [0.1, 0.15) is 38.4 Å². The molecule has 1 aliphatic heterocycles. The highest BCUT2D eigenvalue weighted by Crippen LogP contribution is 2.27. The summed E-state index contributed by atoms with van der Waals surface area (Å²) < 4.78 is 5.60. The minimum absolute atomic E-state index is 0.103. The summed E-state index contributed by atoms with van der Waals surface area (Å²) in [5.41, 5.74) is 0. The minimum atomic E-state index is 0.103. The number of rotatable bonds is 4. The van der Waals surface area contributed by atoms with Gasteiger partial charge in [0.15, 0.2) is 5.82 Å². The molecule has 0 atom stereocenters. The number of hydrogen-bond donors (Lipinski definition) is 1. The van der Waals surface area contributed by atoms with Gasteiger partial charge >= 0.3 is 0 Å². The maximum absolute atomic E-state index is 5.60. The second-order valence-electron chi connectivity index (χ2n) is 5.51. The van der Waals surface area contributed by atoms with Crippen LogP contribution < -0.4 is 9.64 Å². The number of H-pyrrole nitrogens is 1. The molecule has 1 N–H and O–H groups in total. The average Bonchev–Trinajstić information content (AvgIpc) is 3.01. The maximum Gasteiger partial charge on any atom is 0.234 e. The van der Waals surface area contributed by atoms with Crippen LogP contribution in [0.25, 0.3) is 0 Å². The predicted octanol–water partition coefficient (Wildman–Crippen LogP) is 1.77. The van der Waals surface area contributed by atoms with Gasteiger partial charge in [-0.3, -0.25) is 10.1 Å². The Morgan fingerprint density at radius 3 is 2.76 bits per heavy atom. The fourth-order valence-corrected chi connectivity index (χ4v) is 2.58. The van der Waals surface area contributed by atoms with Crippen LogP contribution in [0.5, 0.6) is 5.88 Å². The molecule has 0 amide bonds. The van der Waals surface area contributed by atoms with Crippen molar-refractivity contribution >= 4 is 5.82 Å². The van der Waals surface area contributed by atoms with Gasteiger partial charge in [-0.05, 0) is 26.7 Å². The highest BCUT2D eigenvalue weighted by molar-refractivity contribution is 5.38. The molecule has 3 heterocycles. The zero-order valence-electron chi connectivity index (χ0n) is 12.4. The van der Waals surface area contributed by atoms with Crippen molar-refractivity contribution in [3.63, 3.8) is 0 Å². The Kier molecular flexibility index (Phi) is 3.98. The largest absolute Gasteiger partial charge is 0.474 e. The van der Waals surface area contributed by atoms with E-state index in [1.54, 1.807) is 18.7 Å². The van der Waals surface area contributed by atoms with E-state index in [4.69, 9.17) is 4.74 Å². The number of aromatic amines is 1. The van der Waals surface area contributed by atoms with E-state index < -0.39 is 0 Å². The zero-order chi connectivity index (χ0) is 14.7. The monoisotopic (exact) mass is 288 g/mol. The number of ether oxygens (including phenoxy) is 1. The lowest BCUT2D eigenvalue weighted by Crippen LogP contribution is -2.34. The highest BCUT2D eigenvalue weighted by atomic mass is 16.5. The molecule has 2 aromatic heterocycles. The molecule has 7 heteroatoms. The topological polar surface area (TPSA) is 79.8 Å². The van der Waals surface area contributed by atoms with Gasteiger partial charge < -0.3 is 9.64 Å². The van der Waals surface area contributed by atoms with E-state index in [0.29, 0.717) is 11.8 Å². The van der Waals surface area contributed by atoms with Gasteiger partial charge in [-0.2, -0.15) is 10.1 Å². The van der Waals surface area contributed by atoms with Crippen molar-refractivity contribution < 1.29 is 4.74 Å². The molecule has 0 unspecified atom stereocenters. The first-order chi connectivity index (χ1) is 10.2. The molecule has 0 radical (unpaired) electrons. The summed E-state index contributed by atoms with van der Waals surface area (Å²) in [5.74, 6) is 2.90. The Labute approximate surface area is 123 Å². The number of hydrogen-bond acceptors (Lipinski definition) is 6. The molecule has 7 nitrogen and oxygen atoms in total. The summed E-state index contributed by atoms with van der Waals surface area (Å²) >= 11 is 0. The van der Waals surface area contributed by atoms with Crippen molar-refractivity contribution in [2.24, 2.45) is 0 Å². The van der Waals surface area contributed by atoms with Crippen molar-refractivity contribution in [1.29, 1.82) is 0 Å². The summed E-state index contributed by atoms with van der Waals surface area (Å²) in [6, 6.07) is 0. The molecule has 112 valence electrons. The van der Waals surface area contributed by atoms with E-state index in [0.717, 1.165) is 37.6 Å². The summed E-state index contributed by atoms with van der Waals surface area (Å²) in [6.45, 7) is 5.84. The Morgan fingerprint density at radius 2 is 2.10 bits per heavy atom. The van der Waals surface area contributed by atoms with Crippen LogP contribution in [0, 0.1) is 0 Å². The quantitative estimate of drug-likeness (QED) is 0.923. The third-order valence-electron chi connectivity index (χ3n) is 3.60. The molecule has 0 saturated carbocycles. The Morgan fingerprint density at radius 1 is 1.29 bits per heavy atom. The molecule has 0 bridgehead atoms. The molecule has 0 aromatic carbocycles. The van der Waals surface area contributed by atoms with Crippen molar-refractivity contribution in [2.75, 3.05) is 18.0 Å². The molecule has 1 saturated heterocycles. The smallest absolute Gasteiger partial charge is 0.234 e. The Balaban J connectivity index is 1.64. The van der Waals surface area contributed by atoms with Crippen molar-refractivity contribution in [2.45, 2.75) is 38.7 Å². The first-order valence-electron chi connectivity index (χ1n) is 7.31. The Bertz CT molecular complexity index is 563. The second-order valence-corrected chi connectivity index (χ2v) is 5.51. The van der Waals surface area contributed by atoms with Gasteiger partial charge in [0.1, 0.15) is 12.2 Å². The van der Waals surface area contributed by atoms with Gasteiger partial charge in [-0.25, -0.2) is 4.98 Å². The van der Waals surface area contributed by atoms with Crippen LogP contribution in [0.15, 0.2) is 18.7 Å². The molecule has 1 fully saturated rings. The number of nitrogens with one attached hydrogen (secondary N) is 1. The summed E-state index contributed by atoms with van der Waals surface area (Å²) in [7, 11) is 0. The van der Waals surface area contributed by atoms with E-state index in [1.807, 2.05) is 13.8 Å². The molecule has 0 spiro atoms. The van der Waals surface area contributed by atoms with Gasteiger partial charge in [0.05, 0.1) is 18.5 Å². The van der Waals surface area contributed by atoms with E-state index in [-0.39, 0.29) is 6.10 Å². The first kappa shape index (κ1) is 13.8. The van der Waals surface area contributed by atoms with Gasteiger partial charge in [-0.15, -0.1) is 0 Å². The van der Waals surface area contributed by atoms with Gasteiger partial charge in [0.25, 0.3) is 0 Å². The van der Waals surface area contributed by atoms with Crippen LogP contribution in [-0.2, 0) is 0 Å². The zero-order valence-corrected chi connectivity index (χ0v) is 12.4. The van der Waals surface area contributed by atoms with Gasteiger partial charge in [0, 0.05) is 19.0 Å². The number of anilines is 1. The van der Waals surface area contributed by atoms with Crippen LogP contribution in [-0.4, -0.2) is 44.3 Å². The van der Waals surface area contributed by atoms with E-state index in [2.05, 4.69) is 30.0 Å². The molecule has 3 rings (SSSR count). The normalized spacial score (nSPS) is 16.4. The molecule has 21 heavy (non-hydrogen) atoms. The second kappa shape index (κ2) is 6.07. The SMILES string of the molecule is CC(C)Oc1cncc(N2CCC(c3ncn[nH]3)CC2)n1. The lowest BCUT2D eigenvalue weighted by atomic mass is 9.96. The highest BCUT2D eigenvalue weighted by Gasteiger charge is 2.23. The Hall–Kier alpha value is -2.18. The van der Waals surface area contributed by atoms with Crippen molar-refractivity contribution in [3.05, 3.63) is 24.5 Å². The molecule has 2 aromatic rings. The molecule has 1 aliphatic rings. The van der Waals surface area contributed by atoms with Gasteiger partial charge in [0.2, 0.25) is 5.88 Å². The number of aromatic nitrogens is 5. The van der Waals surface area contributed by atoms with Crippen LogP contribution >= 0.6 is 0 Å². The summed E-state index contributed by atoms with van der Waals surface area (Å²) in [6.07, 6.45) is 7.19. The number of nitrogens with zero attached hydrogens (tertiary/aromatic N) is 5. The van der Waals surface area contributed by atoms with E-state index >= 15 is 0 Å². The molecular weight excluding hydrogens is 268 g/mol.